The Bertz CT molecular complexity index is 710. The second kappa shape index (κ2) is 5.24. The van der Waals surface area contributed by atoms with Crippen LogP contribution in [0.5, 0.6) is 0 Å². The lowest BCUT2D eigenvalue weighted by molar-refractivity contribution is -0.139. The summed E-state index contributed by atoms with van der Waals surface area (Å²) in [6.07, 6.45) is 3.24. The Balaban J connectivity index is 1.66. The summed E-state index contributed by atoms with van der Waals surface area (Å²) in [5.41, 5.74) is -0.739. The van der Waals surface area contributed by atoms with Gasteiger partial charge in [-0.15, -0.1) is 0 Å². The van der Waals surface area contributed by atoms with E-state index in [1.54, 1.807) is 4.90 Å². The third-order valence-electron chi connectivity index (χ3n) is 5.52. The zero-order chi connectivity index (χ0) is 17.1. The molecule has 0 aromatic carbocycles. The Hall–Kier alpha value is -2.02. The van der Waals surface area contributed by atoms with E-state index in [0.717, 1.165) is 6.20 Å². The molecule has 0 bridgehead atoms. The van der Waals surface area contributed by atoms with Gasteiger partial charge in [-0.05, 0) is 12.0 Å². The van der Waals surface area contributed by atoms with Crippen LogP contribution < -0.4 is 0 Å². The number of rotatable bonds is 2. The molecule has 1 spiro atoms. The fraction of sp³-hybridized carbons (Fsp3) is 0.588. The van der Waals surface area contributed by atoms with Crippen LogP contribution >= 0.6 is 0 Å². The molecular formula is C17H20FN3O3. The van der Waals surface area contributed by atoms with E-state index in [9.17, 15) is 14.0 Å². The monoisotopic (exact) mass is 333 g/mol. The van der Waals surface area contributed by atoms with E-state index in [-0.39, 0.29) is 35.9 Å². The predicted octanol–water partition coefficient (Wildman–Crippen LogP) is 1.42. The maximum atomic E-state index is 13.9. The maximum absolute atomic E-state index is 13.9. The lowest BCUT2D eigenvalue weighted by Gasteiger charge is -2.34. The molecule has 3 aliphatic rings. The predicted molar refractivity (Wildman–Crippen MR) is 82.4 cm³/mol. The third-order valence-corrected chi connectivity index (χ3v) is 5.52. The van der Waals surface area contributed by atoms with Crippen molar-refractivity contribution in [3.8, 4) is 0 Å². The van der Waals surface area contributed by atoms with Gasteiger partial charge < -0.3 is 14.5 Å². The van der Waals surface area contributed by atoms with Crippen LogP contribution in [0.25, 0.3) is 0 Å². The van der Waals surface area contributed by atoms with Crippen molar-refractivity contribution in [1.82, 2.24) is 14.8 Å². The molecule has 3 saturated heterocycles. The Morgan fingerprint density at radius 3 is 3.00 bits per heavy atom. The quantitative estimate of drug-likeness (QED) is 0.821. The van der Waals surface area contributed by atoms with Gasteiger partial charge in [-0.3, -0.25) is 14.6 Å². The van der Waals surface area contributed by atoms with E-state index in [4.69, 9.17) is 4.74 Å². The van der Waals surface area contributed by atoms with Crippen molar-refractivity contribution in [2.45, 2.75) is 44.5 Å². The van der Waals surface area contributed by atoms with Gasteiger partial charge >= 0.3 is 0 Å². The van der Waals surface area contributed by atoms with Gasteiger partial charge in [0.2, 0.25) is 5.91 Å². The molecule has 0 radical (unpaired) electrons. The minimum atomic E-state index is -0.731. The van der Waals surface area contributed by atoms with Crippen molar-refractivity contribution in [2.24, 2.45) is 5.92 Å². The van der Waals surface area contributed by atoms with Crippen molar-refractivity contribution in [1.29, 1.82) is 0 Å². The van der Waals surface area contributed by atoms with Crippen molar-refractivity contribution in [3.63, 3.8) is 0 Å². The second-order valence-electron chi connectivity index (χ2n) is 7.05. The summed E-state index contributed by atoms with van der Waals surface area (Å²) >= 11 is 0. The summed E-state index contributed by atoms with van der Waals surface area (Å²) in [6, 6.07) is 1.06. The Kier molecular flexibility index (Phi) is 3.38. The van der Waals surface area contributed by atoms with E-state index in [1.807, 2.05) is 4.90 Å². The van der Waals surface area contributed by atoms with Crippen LogP contribution in [0.4, 0.5) is 4.39 Å². The first kappa shape index (κ1) is 15.5. The third kappa shape index (κ3) is 1.94. The molecule has 1 aromatic heterocycles. The molecule has 7 heteroatoms. The number of ether oxygens (including phenoxy) is 1. The first-order chi connectivity index (χ1) is 11.5. The average molecular weight is 333 g/mol. The standard InChI is InChI=1S/C17H20FN3O3/c1-10(2)13-9-24-17-4-6-20(14(17)7-15(22)21(13)17)16(23)11-3-5-19-8-12(11)18/h3,5,8,10,13-14H,4,6-7,9H2,1-2H3/t13-,14+,17-/m0/s1. The molecule has 4 heterocycles. The van der Waals surface area contributed by atoms with Crippen molar-refractivity contribution in [3.05, 3.63) is 29.8 Å². The summed E-state index contributed by atoms with van der Waals surface area (Å²) in [5, 5.41) is 0. The smallest absolute Gasteiger partial charge is 0.257 e. The summed E-state index contributed by atoms with van der Waals surface area (Å²) < 4.78 is 20.0. The van der Waals surface area contributed by atoms with Crippen molar-refractivity contribution in [2.75, 3.05) is 13.2 Å². The van der Waals surface area contributed by atoms with Gasteiger partial charge in [-0.2, -0.15) is 0 Å². The van der Waals surface area contributed by atoms with Crippen LogP contribution in [-0.4, -0.2) is 57.6 Å². The van der Waals surface area contributed by atoms with Gasteiger partial charge in [0.25, 0.3) is 5.91 Å². The number of nitrogens with zero attached hydrogens (tertiary/aromatic N) is 3. The first-order valence-corrected chi connectivity index (χ1v) is 8.32. The van der Waals surface area contributed by atoms with Crippen LogP contribution in [0.3, 0.4) is 0 Å². The zero-order valence-electron chi connectivity index (χ0n) is 13.7. The van der Waals surface area contributed by atoms with Crippen molar-refractivity contribution < 1.29 is 18.7 Å². The minimum absolute atomic E-state index is 0.00800. The molecule has 2 amide bonds. The number of carbonyl (C=O) groups excluding carboxylic acids is 2. The average Bonchev–Trinajstić information content (AvgIpc) is 3.16. The summed E-state index contributed by atoms with van der Waals surface area (Å²) in [4.78, 5) is 32.5. The van der Waals surface area contributed by atoms with E-state index in [1.165, 1.54) is 12.3 Å². The van der Waals surface area contributed by atoms with Gasteiger partial charge in [-0.25, -0.2) is 4.39 Å². The lowest BCUT2D eigenvalue weighted by Crippen LogP contribution is -2.51. The number of carbonyl (C=O) groups is 2. The highest BCUT2D eigenvalue weighted by atomic mass is 19.1. The fourth-order valence-electron chi connectivity index (χ4n) is 4.32. The van der Waals surface area contributed by atoms with Crippen LogP contribution in [0.2, 0.25) is 0 Å². The van der Waals surface area contributed by atoms with E-state index < -0.39 is 17.4 Å². The van der Waals surface area contributed by atoms with Gasteiger partial charge in [0.05, 0.1) is 36.9 Å². The number of halogens is 1. The van der Waals surface area contributed by atoms with Crippen LogP contribution in [0.15, 0.2) is 18.5 Å². The van der Waals surface area contributed by atoms with Crippen LogP contribution in [0, 0.1) is 11.7 Å². The summed E-state index contributed by atoms with van der Waals surface area (Å²) in [7, 11) is 0. The molecule has 6 nitrogen and oxygen atoms in total. The second-order valence-corrected chi connectivity index (χ2v) is 7.05. The molecule has 4 rings (SSSR count). The Morgan fingerprint density at radius 2 is 2.29 bits per heavy atom. The van der Waals surface area contributed by atoms with Crippen LogP contribution in [-0.2, 0) is 9.53 Å². The molecule has 128 valence electrons. The summed E-state index contributed by atoms with van der Waals surface area (Å²) in [6.45, 7) is 5.08. The normalized spacial score (nSPS) is 31.8. The first-order valence-electron chi connectivity index (χ1n) is 8.32. The molecular weight excluding hydrogens is 313 g/mol. The Labute approximate surface area is 139 Å². The highest BCUT2D eigenvalue weighted by Gasteiger charge is 2.65. The van der Waals surface area contributed by atoms with E-state index in [2.05, 4.69) is 18.8 Å². The van der Waals surface area contributed by atoms with E-state index >= 15 is 0 Å². The molecule has 0 unspecified atom stereocenters. The lowest BCUT2D eigenvalue weighted by atomic mass is 10.0. The maximum Gasteiger partial charge on any atom is 0.257 e. The molecule has 3 fully saturated rings. The number of aromatic nitrogens is 1. The molecule has 24 heavy (non-hydrogen) atoms. The SMILES string of the molecule is CC(C)[C@@H]1CO[C@@]23CCN(C(=O)c4ccncc4F)[C@@H]2CC(=O)N13. The van der Waals surface area contributed by atoms with Gasteiger partial charge in [0.15, 0.2) is 11.5 Å². The molecule has 3 atom stereocenters. The topological polar surface area (TPSA) is 62.7 Å². The number of hydrogen-bond donors (Lipinski definition) is 0. The van der Waals surface area contributed by atoms with Gasteiger partial charge in [0.1, 0.15) is 0 Å². The molecule has 1 aromatic rings. The van der Waals surface area contributed by atoms with E-state index in [0.29, 0.717) is 19.6 Å². The van der Waals surface area contributed by atoms with Gasteiger partial charge in [0, 0.05) is 19.2 Å². The fourth-order valence-corrected chi connectivity index (χ4v) is 4.32. The highest BCUT2D eigenvalue weighted by Crippen LogP contribution is 2.49. The molecule has 0 aliphatic carbocycles. The van der Waals surface area contributed by atoms with Crippen LogP contribution in [0.1, 0.15) is 37.0 Å². The number of likely N-dealkylation sites (tertiary alicyclic amines) is 1. The highest BCUT2D eigenvalue weighted by molar-refractivity contribution is 5.96. The largest absolute Gasteiger partial charge is 0.351 e. The number of hydrogen-bond acceptors (Lipinski definition) is 4. The molecule has 0 N–H and O–H groups in total. The van der Waals surface area contributed by atoms with Crippen molar-refractivity contribution >= 4 is 11.8 Å². The molecule has 3 aliphatic heterocycles. The summed E-state index contributed by atoms with van der Waals surface area (Å²) in [5.74, 6) is -0.738. The Morgan fingerprint density at radius 1 is 1.50 bits per heavy atom. The number of pyridine rings is 1. The minimum Gasteiger partial charge on any atom is -0.351 e. The number of amides is 2. The molecule has 0 saturated carbocycles. The zero-order valence-corrected chi connectivity index (χ0v) is 13.7. The van der Waals surface area contributed by atoms with Gasteiger partial charge in [-0.1, -0.05) is 13.8 Å².